The van der Waals surface area contributed by atoms with Crippen molar-refractivity contribution >= 4 is 11.6 Å². The number of hydrogen-bond acceptors (Lipinski definition) is 4. The molecule has 2 aromatic rings. The second-order valence-corrected chi connectivity index (χ2v) is 5.94. The number of rotatable bonds is 6. The first-order chi connectivity index (χ1) is 11.4. The largest absolute Gasteiger partial charge is 0.350 e. The van der Waals surface area contributed by atoms with Crippen molar-refractivity contribution in [2.75, 3.05) is 6.54 Å². The predicted octanol–water partition coefficient (Wildman–Crippen LogP) is 3.15. The van der Waals surface area contributed by atoms with Gasteiger partial charge in [0.25, 0.3) is 11.6 Å². The van der Waals surface area contributed by atoms with Gasteiger partial charge in [-0.25, -0.2) is 0 Å². The smallest absolute Gasteiger partial charge is 0.269 e. The van der Waals surface area contributed by atoms with E-state index in [1.807, 2.05) is 24.3 Å². The quantitative estimate of drug-likeness (QED) is 0.629. The van der Waals surface area contributed by atoms with Crippen molar-refractivity contribution in [1.29, 1.82) is 0 Å². The Bertz CT molecular complexity index is 709. The van der Waals surface area contributed by atoms with E-state index in [0.29, 0.717) is 11.5 Å². The van der Waals surface area contributed by atoms with E-state index in [2.05, 4.69) is 19.2 Å². The van der Waals surface area contributed by atoms with Crippen LogP contribution in [0.4, 0.5) is 5.69 Å². The Morgan fingerprint density at radius 3 is 2.12 bits per heavy atom. The van der Waals surface area contributed by atoms with E-state index in [-0.39, 0.29) is 24.2 Å². The number of carbonyl (C=O) groups excluding carboxylic acids is 1. The van der Waals surface area contributed by atoms with Crippen molar-refractivity contribution < 1.29 is 9.72 Å². The minimum atomic E-state index is -0.502. The molecule has 6 nitrogen and oxygen atoms in total. The summed E-state index contributed by atoms with van der Waals surface area (Å²) in [5, 5.41) is 13.4. The Morgan fingerprint density at radius 2 is 1.62 bits per heavy atom. The summed E-state index contributed by atoms with van der Waals surface area (Å²) >= 11 is 0. The molecule has 0 saturated heterocycles. The maximum atomic E-state index is 12.1. The summed E-state index contributed by atoms with van der Waals surface area (Å²) in [5.41, 5.74) is 8.61. The predicted molar refractivity (Wildman–Crippen MR) is 92.9 cm³/mol. The molecule has 6 heteroatoms. The van der Waals surface area contributed by atoms with Crippen molar-refractivity contribution in [2.24, 2.45) is 5.73 Å². The number of nitrogens with two attached hydrogens (primary N) is 1. The molecule has 0 spiro atoms. The van der Waals surface area contributed by atoms with E-state index in [0.717, 1.165) is 5.56 Å². The molecule has 126 valence electrons. The molecule has 1 unspecified atom stereocenters. The van der Waals surface area contributed by atoms with Crippen molar-refractivity contribution in [2.45, 2.75) is 25.8 Å². The van der Waals surface area contributed by atoms with Gasteiger partial charge in [-0.1, -0.05) is 38.1 Å². The van der Waals surface area contributed by atoms with Gasteiger partial charge in [-0.15, -0.1) is 0 Å². The van der Waals surface area contributed by atoms with Gasteiger partial charge in [-0.3, -0.25) is 14.9 Å². The first kappa shape index (κ1) is 17.6. The Morgan fingerprint density at radius 1 is 1.08 bits per heavy atom. The van der Waals surface area contributed by atoms with Crippen LogP contribution >= 0.6 is 0 Å². The zero-order valence-electron chi connectivity index (χ0n) is 13.7. The molecule has 0 fully saturated rings. The van der Waals surface area contributed by atoms with Gasteiger partial charge in [0.15, 0.2) is 0 Å². The Kier molecular flexibility index (Phi) is 5.65. The van der Waals surface area contributed by atoms with Gasteiger partial charge in [0, 0.05) is 30.3 Å². The minimum Gasteiger partial charge on any atom is -0.350 e. The maximum Gasteiger partial charge on any atom is 0.269 e. The molecule has 3 N–H and O–H groups in total. The molecule has 0 aliphatic carbocycles. The maximum absolute atomic E-state index is 12.1. The van der Waals surface area contributed by atoms with Crippen LogP contribution in [0.3, 0.4) is 0 Å². The van der Waals surface area contributed by atoms with Crippen LogP contribution in [0.1, 0.15) is 47.3 Å². The third kappa shape index (κ3) is 4.39. The van der Waals surface area contributed by atoms with Crippen LogP contribution in [0.5, 0.6) is 0 Å². The lowest BCUT2D eigenvalue weighted by Gasteiger charge is -2.14. The highest BCUT2D eigenvalue weighted by atomic mass is 16.6. The third-order valence-corrected chi connectivity index (χ3v) is 3.85. The highest BCUT2D eigenvalue weighted by Gasteiger charge is 2.12. The molecule has 0 aliphatic rings. The van der Waals surface area contributed by atoms with Crippen LogP contribution in [0, 0.1) is 10.1 Å². The molecular weight excluding hydrogens is 306 g/mol. The van der Waals surface area contributed by atoms with Crippen LogP contribution in [0.15, 0.2) is 48.5 Å². The molecule has 1 atom stereocenters. The fourth-order valence-corrected chi connectivity index (χ4v) is 2.29. The summed E-state index contributed by atoms with van der Waals surface area (Å²) in [4.78, 5) is 22.2. The zero-order chi connectivity index (χ0) is 17.7. The first-order valence-electron chi connectivity index (χ1n) is 7.76. The lowest BCUT2D eigenvalue weighted by Crippen LogP contribution is -2.31. The molecule has 0 aromatic heterocycles. The normalized spacial score (nSPS) is 12.0. The molecule has 1 amide bonds. The van der Waals surface area contributed by atoms with Gasteiger partial charge in [0.1, 0.15) is 0 Å². The van der Waals surface area contributed by atoms with E-state index in [9.17, 15) is 14.9 Å². The molecule has 24 heavy (non-hydrogen) atoms. The van der Waals surface area contributed by atoms with Gasteiger partial charge in [0.05, 0.1) is 4.92 Å². The molecule has 0 saturated carbocycles. The number of nitro groups is 1. The lowest BCUT2D eigenvalue weighted by molar-refractivity contribution is -0.384. The van der Waals surface area contributed by atoms with Crippen LogP contribution in [0.25, 0.3) is 0 Å². The fraction of sp³-hybridized carbons (Fsp3) is 0.278. The van der Waals surface area contributed by atoms with E-state index < -0.39 is 4.92 Å². The molecular formula is C18H21N3O3. The standard InChI is InChI=1S/C18H21N3O3/c1-12(2)13-3-5-14(6-4-13)17(19)11-20-18(22)15-7-9-16(10-8-15)21(23)24/h3-10,12,17H,11,19H2,1-2H3,(H,20,22). The van der Waals surface area contributed by atoms with E-state index in [1.54, 1.807) is 0 Å². The first-order valence-corrected chi connectivity index (χ1v) is 7.76. The van der Waals surface area contributed by atoms with Gasteiger partial charge in [0.2, 0.25) is 0 Å². The number of nitrogens with one attached hydrogen (secondary N) is 1. The van der Waals surface area contributed by atoms with Gasteiger partial charge >= 0.3 is 0 Å². The van der Waals surface area contributed by atoms with E-state index in [4.69, 9.17) is 5.73 Å². The van der Waals surface area contributed by atoms with E-state index in [1.165, 1.54) is 29.8 Å². The summed E-state index contributed by atoms with van der Waals surface area (Å²) in [6.45, 7) is 4.54. The summed E-state index contributed by atoms with van der Waals surface area (Å²) in [6.07, 6.45) is 0. The lowest BCUT2D eigenvalue weighted by atomic mass is 9.99. The van der Waals surface area contributed by atoms with Crippen LogP contribution in [-0.2, 0) is 0 Å². The average Bonchev–Trinajstić information content (AvgIpc) is 2.59. The summed E-state index contributed by atoms with van der Waals surface area (Å²) in [7, 11) is 0. The number of carbonyl (C=O) groups is 1. The summed E-state index contributed by atoms with van der Waals surface area (Å²) in [5.74, 6) is 0.149. The Hall–Kier alpha value is -2.73. The average molecular weight is 327 g/mol. The van der Waals surface area contributed by atoms with Crippen molar-refractivity contribution in [3.63, 3.8) is 0 Å². The van der Waals surface area contributed by atoms with Gasteiger partial charge in [-0.2, -0.15) is 0 Å². The molecule has 0 aliphatic heterocycles. The van der Waals surface area contributed by atoms with Crippen molar-refractivity contribution in [3.8, 4) is 0 Å². The summed E-state index contributed by atoms with van der Waals surface area (Å²) < 4.78 is 0. The van der Waals surface area contributed by atoms with Gasteiger partial charge in [-0.05, 0) is 29.2 Å². The Labute approximate surface area is 140 Å². The van der Waals surface area contributed by atoms with E-state index >= 15 is 0 Å². The highest BCUT2D eigenvalue weighted by Crippen LogP contribution is 2.17. The SMILES string of the molecule is CC(C)c1ccc(C(N)CNC(=O)c2ccc([N+](=O)[O-])cc2)cc1. The number of hydrogen-bond donors (Lipinski definition) is 2. The molecule has 0 bridgehead atoms. The number of non-ortho nitro benzene ring substituents is 1. The minimum absolute atomic E-state index is 0.0477. The van der Waals surface area contributed by atoms with Crippen molar-refractivity contribution in [1.82, 2.24) is 5.32 Å². The highest BCUT2D eigenvalue weighted by molar-refractivity contribution is 5.94. The molecule has 2 rings (SSSR count). The number of amides is 1. The number of nitro benzene ring substituents is 1. The zero-order valence-corrected chi connectivity index (χ0v) is 13.7. The monoisotopic (exact) mass is 327 g/mol. The summed E-state index contributed by atoms with van der Waals surface area (Å²) in [6, 6.07) is 13.2. The number of benzene rings is 2. The van der Waals surface area contributed by atoms with Crippen molar-refractivity contribution in [3.05, 3.63) is 75.3 Å². The molecule has 2 aromatic carbocycles. The van der Waals surface area contributed by atoms with Crippen LogP contribution < -0.4 is 11.1 Å². The third-order valence-electron chi connectivity index (χ3n) is 3.85. The second-order valence-electron chi connectivity index (χ2n) is 5.94. The second kappa shape index (κ2) is 7.70. The van der Waals surface area contributed by atoms with Crippen LogP contribution in [0.2, 0.25) is 0 Å². The van der Waals surface area contributed by atoms with Gasteiger partial charge < -0.3 is 11.1 Å². The van der Waals surface area contributed by atoms with Crippen LogP contribution in [-0.4, -0.2) is 17.4 Å². The molecule has 0 heterocycles. The fourth-order valence-electron chi connectivity index (χ4n) is 2.29. The Balaban J connectivity index is 1.94. The topological polar surface area (TPSA) is 98.3 Å². The molecule has 0 radical (unpaired) electrons. The number of nitrogens with zero attached hydrogens (tertiary/aromatic N) is 1.